The maximum atomic E-state index is 12.7. The summed E-state index contributed by atoms with van der Waals surface area (Å²) in [5.74, 6) is 2.36. The van der Waals surface area contributed by atoms with E-state index in [1.807, 2.05) is 12.1 Å². The number of hydrogen-bond donors (Lipinski definition) is 3. The van der Waals surface area contributed by atoms with Crippen LogP contribution in [-0.2, 0) is 0 Å². The van der Waals surface area contributed by atoms with Crippen molar-refractivity contribution < 1.29 is 4.39 Å². The maximum absolute atomic E-state index is 12.7. The van der Waals surface area contributed by atoms with Crippen LogP contribution >= 0.6 is 11.9 Å². The van der Waals surface area contributed by atoms with Crippen LogP contribution in [0.4, 0.5) is 16.2 Å². The lowest BCUT2D eigenvalue weighted by molar-refractivity contribution is 0.373. The van der Waals surface area contributed by atoms with Crippen molar-refractivity contribution in [2.24, 2.45) is 5.92 Å². The van der Waals surface area contributed by atoms with Gasteiger partial charge in [-0.25, -0.2) is 9.37 Å². The van der Waals surface area contributed by atoms with Crippen LogP contribution < -0.4 is 15.4 Å². The van der Waals surface area contributed by atoms with Crippen molar-refractivity contribution in [2.75, 3.05) is 24.2 Å². The Morgan fingerprint density at radius 1 is 0.938 bits per heavy atom. The lowest BCUT2D eigenvalue weighted by atomic mass is 9.89. The van der Waals surface area contributed by atoms with Crippen LogP contribution in [-0.4, -0.2) is 29.6 Å². The number of hydrogen-bond acceptors (Lipinski definition) is 6. The van der Waals surface area contributed by atoms with E-state index in [4.69, 9.17) is 4.98 Å². The first-order chi connectivity index (χ1) is 15.7. The summed E-state index contributed by atoms with van der Waals surface area (Å²) < 4.78 is 15.5. The second-order valence-electron chi connectivity index (χ2n) is 8.45. The van der Waals surface area contributed by atoms with Crippen LogP contribution in [0.2, 0.25) is 0 Å². The molecule has 5 nitrogen and oxygen atoms in total. The summed E-state index contributed by atoms with van der Waals surface area (Å²) in [5, 5.41) is 8.15. The number of aromatic nitrogens is 2. The van der Waals surface area contributed by atoms with Gasteiger partial charge >= 0.3 is 0 Å². The molecule has 0 spiro atoms. The molecule has 2 aromatic carbocycles. The lowest BCUT2D eigenvalue weighted by Crippen LogP contribution is -2.18. The maximum Gasteiger partial charge on any atom is 0.225 e. The van der Waals surface area contributed by atoms with E-state index >= 15 is 0 Å². The third kappa shape index (κ3) is 6.56. The molecule has 0 atom stereocenters. The molecule has 0 bridgehead atoms. The average Bonchev–Trinajstić information content (AvgIpc) is 3.65. The normalized spacial score (nSPS) is 16.3. The number of rotatable bonds is 7. The molecule has 32 heavy (non-hydrogen) atoms. The molecule has 1 aromatic heterocycles. The van der Waals surface area contributed by atoms with Gasteiger partial charge in [-0.1, -0.05) is 43.5 Å². The Kier molecular flexibility index (Phi) is 8.18. The minimum absolute atomic E-state index is 0.179. The third-order valence-corrected chi connectivity index (χ3v) is 6.60. The topological polar surface area (TPSA) is 61.9 Å². The molecule has 3 N–H and O–H groups in total. The first-order valence-electron chi connectivity index (χ1n) is 11.6. The largest absolute Gasteiger partial charge is 0.367 e. The molecule has 2 aliphatic rings. The molecule has 3 aromatic rings. The summed E-state index contributed by atoms with van der Waals surface area (Å²) in [6.45, 7) is 1.00. The fourth-order valence-corrected chi connectivity index (χ4v) is 4.48. The number of para-hydroxylation sites is 1. The zero-order chi connectivity index (χ0) is 22.2. The predicted octanol–water partition coefficient (Wildman–Crippen LogP) is 6.25. The van der Waals surface area contributed by atoms with Crippen LogP contribution in [0.1, 0.15) is 44.9 Å². The average molecular weight is 454 g/mol. The Bertz CT molecular complexity index is 1000. The number of benzene rings is 2. The zero-order valence-corrected chi connectivity index (χ0v) is 19.4. The van der Waals surface area contributed by atoms with Gasteiger partial charge in [-0.15, -0.1) is 0 Å². The van der Waals surface area contributed by atoms with Gasteiger partial charge in [-0.3, -0.25) is 4.72 Å². The van der Waals surface area contributed by atoms with E-state index in [0.717, 1.165) is 35.1 Å². The molecule has 0 saturated heterocycles. The van der Waals surface area contributed by atoms with Gasteiger partial charge in [0.15, 0.2) is 0 Å². The van der Waals surface area contributed by atoms with Gasteiger partial charge in [0, 0.05) is 18.0 Å². The summed E-state index contributed by atoms with van der Waals surface area (Å²) in [6, 6.07) is 15.5. The van der Waals surface area contributed by atoms with E-state index < -0.39 is 0 Å². The zero-order valence-electron chi connectivity index (χ0n) is 18.6. The molecule has 1 heterocycles. The van der Waals surface area contributed by atoms with Gasteiger partial charge in [0.1, 0.15) is 11.6 Å². The highest BCUT2D eigenvalue weighted by Crippen LogP contribution is 2.29. The second kappa shape index (κ2) is 11.5. The molecule has 0 unspecified atom stereocenters. The standard InChI is InChI=1S/C18H24N4.C7H8FNS/c1-2-6-13(7-3-1)12-19-18-21-16-9-5-4-8-15(16)17(22-18)20-14-10-11-14;1-9-10-7-5-3-2-4-6(7)8/h4-5,8-9,13-14H,1-3,6-7,10-12H2,(H2,19,20,21,22);2-5,9H,1H3. The van der Waals surface area contributed by atoms with Crippen molar-refractivity contribution in [3.63, 3.8) is 0 Å². The van der Waals surface area contributed by atoms with Gasteiger partial charge in [0.05, 0.1) is 10.4 Å². The predicted molar refractivity (Wildman–Crippen MR) is 133 cm³/mol. The molecule has 0 aliphatic heterocycles. The van der Waals surface area contributed by atoms with Gasteiger partial charge < -0.3 is 10.6 Å². The Labute approximate surface area is 194 Å². The Morgan fingerprint density at radius 2 is 1.69 bits per heavy atom. The molecule has 2 aliphatic carbocycles. The smallest absolute Gasteiger partial charge is 0.225 e. The number of nitrogens with one attached hydrogen (secondary N) is 3. The SMILES string of the molecule is CNSc1ccccc1F.c1ccc2c(NC3CC3)nc(NCC3CCCCC3)nc2c1. The van der Waals surface area contributed by atoms with Crippen molar-refractivity contribution in [3.8, 4) is 0 Å². The number of nitrogens with zero attached hydrogens (tertiary/aromatic N) is 2. The fourth-order valence-electron chi connectivity index (χ4n) is 3.95. The highest BCUT2D eigenvalue weighted by molar-refractivity contribution is 7.97. The minimum atomic E-state index is -0.179. The molecule has 2 fully saturated rings. The van der Waals surface area contributed by atoms with Gasteiger partial charge in [0.2, 0.25) is 5.95 Å². The molecule has 2 saturated carbocycles. The van der Waals surface area contributed by atoms with E-state index in [1.165, 1.54) is 63.0 Å². The Hall–Kier alpha value is -2.38. The van der Waals surface area contributed by atoms with Crippen LogP contribution in [0.25, 0.3) is 10.9 Å². The molecular weight excluding hydrogens is 421 g/mol. The highest BCUT2D eigenvalue weighted by atomic mass is 32.2. The van der Waals surface area contributed by atoms with E-state index in [9.17, 15) is 4.39 Å². The van der Waals surface area contributed by atoms with Crippen molar-refractivity contribution in [1.29, 1.82) is 0 Å². The quantitative estimate of drug-likeness (QED) is 0.368. The van der Waals surface area contributed by atoms with E-state index in [-0.39, 0.29) is 5.82 Å². The Morgan fingerprint density at radius 3 is 2.44 bits per heavy atom. The summed E-state index contributed by atoms with van der Waals surface area (Å²) in [4.78, 5) is 10.0. The molecule has 0 radical (unpaired) electrons. The lowest BCUT2D eigenvalue weighted by Gasteiger charge is -2.22. The monoisotopic (exact) mass is 453 g/mol. The molecule has 0 amide bonds. The van der Waals surface area contributed by atoms with Crippen LogP contribution in [0.5, 0.6) is 0 Å². The van der Waals surface area contributed by atoms with Gasteiger partial charge in [-0.05, 0) is 74.9 Å². The fraction of sp³-hybridized carbons (Fsp3) is 0.440. The summed E-state index contributed by atoms with van der Waals surface area (Å²) in [6.07, 6.45) is 9.34. The van der Waals surface area contributed by atoms with E-state index in [0.29, 0.717) is 10.9 Å². The molecule has 7 heteroatoms. The van der Waals surface area contributed by atoms with Crippen molar-refractivity contribution >= 4 is 34.6 Å². The van der Waals surface area contributed by atoms with E-state index in [1.54, 1.807) is 19.2 Å². The molecule has 170 valence electrons. The number of anilines is 2. The van der Waals surface area contributed by atoms with E-state index in [2.05, 4.69) is 38.5 Å². The van der Waals surface area contributed by atoms with Crippen LogP contribution in [0.3, 0.4) is 0 Å². The van der Waals surface area contributed by atoms with Crippen molar-refractivity contribution in [1.82, 2.24) is 14.7 Å². The Balaban J connectivity index is 0.000000207. The van der Waals surface area contributed by atoms with Crippen LogP contribution in [0.15, 0.2) is 53.4 Å². The van der Waals surface area contributed by atoms with Gasteiger partial charge in [-0.2, -0.15) is 4.98 Å². The summed E-state index contributed by atoms with van der Waals surface area (Å²) in [5.41, 5.74) is 1.02. The summed E-state index contributed by atoms with van der Waals surface area (Å²) >= 11 is 1.28. The highest BCUT2D eigenvalue weighted by Gasteiger charge is 2.23. The first-order valence-corrected chi connectivity index (χ1v) is 12.4. The van der Waals surface area contributed by atoms with Crippen molar-refractivity contribution in [2.45, 2.75) is 55.9 Å². The first kappa shape index (κ1) is 22.8. The van der Waals surface area contributed by atoms with Gasteiger partial charge in [0.25, 0.3) is 0 Å². The molecule has 5 rings (SSSR count). The number of halogens is 1. The minimum Gasteiger partial charge on any atom is -0.367 e. The third-order valence-electron chi connectivity index (χ3n) is 5.84. The number of fused-ring (bicyclic) bond motifs is 1. The van der Waals surface area contributed by atoms with Crippen molar-refractivity contribution in [3.05, 3.63) is 54.3 Å². The molecular formula is C25H32FN5S. The second-order valence-corrected chi connectivity index (χ2v) is 9.51. The van der Waals surface area contributed by atoms with Crippen LogP contribution in [0, 0.1) is 11.7 Å². The summed E-state index contributed by atoms with van der Waals surface area (Å²) in [7, 11) is 1.76.